The van der Waals surface area contributed by atoms with Crippen LogP contribution in [-0.2, 0) is 14.9 Å². The van der Waals surface area contributed by atoms with Crippen molar-refractivity contribution in [1.82, 2.24) is 0 Å². The van der Waals surface area contributed by atoms with Crippen LogP contribution in [0.5, 0.6) is 5.75 Å². The van der Waals surface area contributed by atoms with E-state index >= 15 is 0 Å². The summed E-state index contributed by atoms with van der Waals surface area (Å²) in [5, 5.41) is 1.33. The molecule has 3 aromatic rings. The average Bonchev–Trinajstić information content (AvgIpc) is 2.75. The number of nitrogens with zero attached hydrogens (tertiary/aromatic N) is 1. The molecule has 158 valence electrons. The van der Waals surface area contributed by atoms with Gasteiger partial charge in [0.25, 0.3) is 5.91 Å². The first-order valence-electron chi connectivity index (χ1n) is 9.68. The highest BCUT2D eigenvalue weighted by Crippen LogP contribution is 2.25. The van der Waals surface area contributed by atoms with Gasteiger partial charge in [0.2, 0.25) is 0 Å². The number of hydrogen-bond acceptors (Lipinski definition) is 5. The summed E-state index contributed by atoms with van der Waals surface area (Å²) in [5.74, 6) is 0.886. The number of amides is 1. The second-order valence-electron chi connectivity index (χ2n) is 7.27. The molecule has 0 N–H and O–H groups in total. The Hall–Kier alpha value is -2.90. The Bertz CT molecular complexity index is 1160. The Morgan fingerprint density at radius 2 is 1.67 bits per heavy atom. The summed E-state index contributed by atoms with van der Waals surface area (Å²) in [6.07, 6.45) is 1.06. The lowest BCUT2D eigenvalue weighted by Gasteiger charge is -2.19. The standard InChI is InChI=1S/C23H25NO5S/c1-4-16(2)17-6-10-21(11-7-17)29-15-23(25)24(3)20-9-5-19-14-22(30(26,27)28)12-8-18(19)13-20/h5-14,16H,4,15H2,1-3H3,(H,26,27,28)/p-1. The molecule has 7 heteroatoms. The summed E-state index contributed by atoms with van der Waals surface area (Å²) < 4.78 is 39.2. The lowest BCUT2D eigenvalue weighted by atomic mass is 9.99. The number of hydrogen-bond donors (Lipinski definition) is 0. The first-order chi connectivity index (χ1) is 14.2. The van der Waals surface area contributed by atoms with Crippen LogP contribution >= 0.6 is 0 Å². The molecule has 3 rings (SSSR count). The van der Waals surface area contributed by atoms with Crippen LogP contribution in [0.2, 0.25) is 0 Å². The average molecular weight is 427 g/mol. The van der Waals surface area contributed by atoms with Crippen molar-refractivity contribution < 1.29 is 22.5 Å². The predicted octanol–water partition coefficient (Wildman–Crippen LogP) is 4.30. The zero-order valence-corrected chi connectivity index (χ0v) is 18.0. The molecule has 1 unspecified atom stereocenters. The Morgan fingerprint density at radius 3 is 2.30 bits per heavy atom. The summed E-state index contributed by atoms with van der Waals surface area (Å²) in [5.41, 5.74) is 1.87. The molecular formula is C23H24NO5S-. The van der Waals surface area contributed by atoms with E-state index in [9.17, 15) is 17.8 Å². The van der Waals surface area contributed by atoms with Crippen LogP contribution in [0, 0.1) is 0 Å². The zero-order chi connectivity index (χ0) is 21.9. The van der Waals surface area contributed by atoms with Crippen LogP contribution in [0.15, 0.2) is 65.6 Å². The van der Waals surface area contributed by atoms with E-state index in [0.717, 1.165) is 11.8 Å². The van der Waals surface area contributed by atoms with Gasteiger partial charge in [-0.1, -0.05) is 38.1 Å². The van der Waals surface area contributed by atoms with Crippen LogP contribution in [0.25, 0.3) is 10.8 Å². The minimum absolute atomic E-state index is 0.107. The van der Waals surface area contributed by atoms with Crippen LogP contribution in [-0.4, -0.2) is 32.5 Å². The second kappa shape index (κ2) is 8.85. The maximum absolute atomic E-state index is 12.5. The Labute approximate surface area is 176 Å². The lowest BCUT2D eigenvalue weighted by molar-refractivity contribution is -0.120. The molecule has 30 heavy (non-hydrogen) atoms. The minimum atomic E-state index is -4.51. The number of benzene rings is 3. The van der Waals surface area contributed by atoms with Crippen LogP contribution in [0.1, 0.15) is 31.7 Å². The van der Waals surface area contributed by atoms with Gasteiger partial charge in [-0.05, 0) is 65.1 Å². The van der Waals surface area contributed by atoms with Gasteiger partial charge < -0.3 is 14.2 Å². The van der Waals surface area contributed by atoms with Gasteiger partial charge in [-0.2, -0.15) is 0 Å². The normalized spacial score (nSPS) is 12.5. The van der Waals surface area contributed by atoms with Crippen molar-refractivity contribution in [2.45, 2.75) is 31.1 Å². The quantitative estimate of drug-likeness (QED) is 0.526. The van der Waals surface area contributed by atoms with Crippen molar-refractivity contribution in [3.63, 3.8) is 0 Å². The van der Waals surface area contributed by atoms with Gasteiger partial charge in [-0.25, -0.2) is 8.42 Å². The molecule has 1 atom stereocenters. The fraction of sp³-hybridized carbons (Fsp3) is 0.261. The highest BCUT2D eigenvalue weighted by atomic mass is 32.2. The molecule has 6 nitrogen and oxygen atoms in total. The monoisotopic (exact) mass is 426 g/mol. The summed E-state index contributed by atoms with van der Waals surface area (Å²) in [4.78, 5) is 13.7. The predicted molar refractivity (Wildman–Crippen MR) is 116 cm³/mol. The Balaban J connectivity index is 1.68. The maximum Gasteiger partial charge on any atom is 0.264 e. The van der Waals surface area contributed by atoms with Gasteiger partial charge >= 0.3 is 0 Å². The molecule has 3 aromatic carbocycles. The van der Waals surface area contributed by atoms with Crippen molar-refractivity contribution in [1.29, 1.82) is 0 Å². The van der Waals surface area contributed by atoms with E-state index in [2.05, 4.69) is 13.8 Å². The summed E-state index contributed by atoms with van der Waals surface area (Å²) in [7, 11) is -2.86. The molecular weight excluding hydrogens is 402 g/mol. The van der Waals surface area contributed by atoms with E-state index in [0.29, 0.717) is 22.7 Å². The van der Waals surface area contributed by atoms with Gasteiger partial charge in [0, 0.05) is 12.7 Å². The Morgan fingerprint density at radius 1 is 1.03 bits per heavy atom. The van der Waals surface area contributed by atoms with Crippen molar-refractivity contribution in [3.05, 3.63) is 66.2 Å². The molecule has 0 saturated carbocycles. The number of rotatable bonds is 7. The molecule has 0 aromatic heterocycles. The summed E-state index contributed by atoms with van der Waals surface area (Å²) >= 11 is 0. The fourth-order valence-electron chi connectivity index (χ4n) is 3.09. The van der Waals surface area contributed by atoms with Gasteiger partial charge in [0.05, 0.1) is 4.90 Å². The summed E-state index contributed by atoms with van der Waals surface area (Å²) in [6.45, 7) is 4.20. The van der Waals surface area contributed by atoms with Crippen molar-refractivity contribution in [2.24, 2.45) is 0 Å². The third-order valence-corrected chi connectivity index (χ3v) is 6.10. The molecule has 0 spiro atoms. The van der Waals surface area contributed by atoms with Crippen molar-refractivity contribution >= 4 is 32.5 Å². The van der Waals surface area contributed by atoms with Crippen LogP contribution < -0.4 is 9.64 Å². The Kier molecular flexibility index (Phi) is 6.43. The number of carbonyl (C=O) groups excluding carboxylic acids is 1. The van der Waals surface area contributed by atoms with E-state index in [1.165, 1.54) is 22.6 Å². The van der Waals surface area contributed by atoms with Gasteiger partial charge in [-0.3, -0.25) is 4.79 Å². The molecule has 0 heterocycles. The lowest BCUT2D eigenvalue weighted by Crippen LogP contribution is -2.31. The zero-order valence-electron chi connectivity index (χ0n) is 17.2. The first kappa shape index (κ1) is 21.8. The molecule has 0 saturated heterocycles. The molecule has 0 aliphatic heterocycles. The maximum atomic E-state index is 12.5. The molecule has 0 bridgehead atoms. The third kappa shape index (κ3) is 4.98. The highest BCUT2D eigenvalue weighted by molar-refractivity contribution is 7.85. The number of carbonyl (C=O) groups is 1. The molecule has 0 aliphatic rings. The SMILES string of the molecule is CCC(C)c1ccc(OCC(=O)N(C)c2ccc3cc(S(=O)(=O)[O-])ccc3c2)cc1. The smallest absolute Gasteiger partial charge is 0.264 e. The van der Waals surface area contributed by atoms with Crippen molar-refractivity contribution in [2.75, 3.05) is 18.6 Å². The van der Waals surface area contributed by atoms with Gasteiger partial charge in [0.1, 0.15) is 15.9 Å². The molecule has 0 radical (unpaired) electrons. The number of fused-ring (bicyclic) bond motifs is 1. The number of likely N-dealkylation sites (N-methyl/N-ethyl adjacent to an activating group) is 1. The van der Waals surface area contributed by atoms with E-state index in [-0.39, 0.29) is 17.4 Å². The second-order valence-corrected chi connectivity index (χ2v) is 8.65. The topological polar surface area (TPSA) is 86.7 Å². The molecule has 0 fully saturated rings. The number of anilines is 1. The fourth-order valence-corrected chi connectivity index (χ4v) is 3.60. The summed E-state index contributed by atoms with van der Waals surface area (Å²) in [6, 6.07) is 17.0. The molecule has 0 aliphatic carbocycles. The number of ether oxygens (including phenoxy) is 1. The largest absolute Gasteiger partial charge is 0.744 e. The highest BCUT2D eigenvalue weighted by Gasteiger charge is 2.13. The van der Waals surface area contributed by atoms with Gasteiger partial charge in [0.15, 0.2) is 6.61 Å². The van der Waals surface area contributed by atoms with E-state index < -0.39 is 10.1 Å². The van der Waals surface area contributed by atoms with Crippen molar-refractivity contribution in [3.8, 4) is 5.75 Å². The van der Waals surface area contributed by atoms with Crippen LogP contribution in [0.4, 0.5) is 5.69 Å². The van der Waals surface area contributed by atoms with Gasteiger partial charge in [-0.15, -0.1) is 0 Å². The first-order valence-corrected chi connectivity index (χ1v) is 11.1. The van der Waals surface area contributed by atoms with E-state index in [1.807, 2.05) is 24.3 Å². The molecule has 1 amide bonds. The minimum Gasteiger partial charge on any atom is -0.744 e. The van der Waals surface area contributed by atoms with Crippen LogP contribution in [0.3, 0.4) is 0 Å². The third-order valence-electron chi connectivity index (χ3n) is 5.27. The van der Waals surface area contributed by atoms with E-state index in [1.54, 1.807) is 31.3 Å². The van der Waals surface area contributed by atoms with E-state index in [4.69, 9.17) is 4.74 Å².